The molecule has 0 aliphatic rings. The summed E-state index contributed by atoms with van der Waals surface area (Å²) in [5.74, 6) is 0.157. The van der Waals surface area contributed by atoms with Gasteiger partial charge in [-0.3, -0.25) is 0 Å². The van der Waals surface area contributed by atoms with Gasteiger partial charge in [0.15, 0.2) is 27.6 Å². The van der Waals surface area contributed by atoms with Gasteiger partial charge in [-0.25, -0.2) is 14.8 Å². The number of aromatic nitrogens is 4. The Hall–Kier alpha value is -3.11. The number of anilines is 4. The lowest BCUT2D eigenvalue weighted by Gasteiger charge is -2.13. The Bertz CT molecular complexity index is 1140. The third kappa shape index (κ3) is 3.51. The number of aromatic carboxylic acids is 1. The van der Waals surface area contributed by atoms with E-state index in [1.54, 1.807) is 11.3 Å². The first kappa shape index (κ1) is 18.3. The second-order valence-electron chi connectivity index (χ2n) is 5.93. The van der Waals surface area contributed by atoms with E-state index in [1.165, 1.54) is 16.7 Å². The number of para-hydroxylation sites is 1. The Morgan fingerprint density at radius 2 is 1.86 bits per heavy atom. The van der Waals surface area contributed by atoms with Crippen LogP contribution in [-0.4, -0.2) is 31.2 Å². The number of rotatable bonds is 6. The Morgan fingerprint density at radius 3 is 2.57 bits per heavy atom. The molecule has 142 valence electrons. The summed E-state index contributed by atoms with van der Waals surface area (Å²) in [6, 6.07) is 7.95. The van der Waals surface area contributed by atoms with E-state index in [1.807, 2.05) is 38.1 Å². The average Bonchev–Trinajstić information content (AvgIpc) is 3.30. The predicted octanol–water partition coefficient (Wildman–Crippen LogP) is 4.60. The average molecular weight is 413 g/mol. The van der Waals surface area contributed by atoms with Gasteiger partial charge in [0.25, 0.3) is 0 Å². The molecule has 4 rings (SSSR count). The highest BCUT2D eigenvalue weighted by Crippen LogP contribution is 2.31. The molecule has 8 nitrogen and oxygen atoms in total. The summed E-state index contributed by atoms with van der Waals surface area (Å²) in [5, 5.41) is 26.6. The Morgan fingerprint density at radius 1 is 1.11 bits per heavy atom. The lowest BCUT2D eigenvalue weighted by Crippen LogP contribution is -2.07. The lowest BCUT2D eigenvalue weighted by atomic mass is 10.1. The van der Waals surface area contributed by atoms with Gasteiger partial charge >= 0.3 is 5.97 Å². The largest absolute Gasteiger partial charge is 0.476 e. The normalized spacial score (nSPS) is 10.9. The Balaban J connectivity index is 1.62. The van der Waals surface area contributed by atoms with Crippen LogP contribution in [0.2, 0.25) is 0 Å². The molecule has 10 heteroatoms. The fourth-order valence-corrected chi connectivity index (χ4v) is 4.31. The number of hydrogen-bond acceptors (Lipinski definition) is 9. The molecule has 3 heterocycles. The van der Waals surface area contributed by atoms with E-state index in [0.29, 0.717) is 16.8 Å². The van der Waals surface area contributed by atoms with Crippen molar-refractivity contribution in [2.45, 2.75) is 20.3 Å². The molecule has 0 radical (unpaired) electrons. The molecule has 0 aliphatic heterocycles. The summed E-state index contributed by atoms with van der Waals surface area (Å²) >= 11 is 2.77. The fraction of sp³-hybridized carbons (Fsp3) is 0.167. The second kappa shape index (κ2) is 7.49. The van der Waals surface area contributed by atoms with E-state index >= 15 is 0 Å². The van der Waals surface area contributed by atoms with E-state index < -0.39 is 5.97 Å². The highest BCUT2D eigenvalue weighted by Gasteiger charge is 2.16. The van der Waals surface area contributed by atoms with Gasteiger partial charge in [0.05, 0.1) is 10.2 Å². The smallest absolute Gasteiger partial charge is 0.355 e. The summed E-state index contributed by atoms with van der Waals surface area (Å²) in [6.07, 6.45) is 0.751. The van der Waals surface area contributed by atoms with Crippen LogP contribution in [0.4, 0.5) is 21.9 Å². The molecule has 1 aromatic carbocycles. The number of benzene rings is 1. The van der Waals surface area contributed by atoms with E-state index in [-0.39, 0.29) is 5.69 Å². The number of fused-ring (bicyclic) bond motifs is 1. The van der Waals surface area contributed by atoms with Crippen LogP contribution in [0.1, 0.15) is 28.5 Å². The molecule has 0 saturated heterocycles. The second-order valence-corrected chi connectivity index (χ2v) is 7.82. The zero-order chi connectivity index (χ0) is 19.7. The summed E-state index contributed by atoms with van der Waals surface area (Å²) in [4.78, 5) is 19.6. The van der Waals surface area contributed by atoms with Gasteiger partial charge < -0.3 is 15.7 Å². The van der Waals surface area contributed by atoms with Crippen molar-refractivity contribution in [1.82, 2.24) is 20.2 Å². The van der Waals surface area contributed by atoms with Crippen molar-refractivity contribution in [2.24, 2.45) is 0 Å². The van der Waals surface area contributed by atoms with Crippen LogP contribution in [0.3, 0.4) is 0 Å². The minimum Gasteiger partial charge on any atom is -0.476 e. The standard InChI is InChI=1S/C18H16N6O2S2/c1-3-10-9(2)14(21-17-20-12(8-27-17)16(25)26)23-24-15(10)22-18-19-11-6-4-5-7-13(11)28-18/h4-8H,3H2,1-2H3,(H,25,26)(H,19,22,24)(H,20,21,23). The summed E-state index contributed by atoms with van der Waals surface area (Å²) in [6.45, 7) is 3.99. The van der Waals surface area contributed by atoms with Crippen molar-refractivity contribution in [2.75, 3.05) is 10.6 Å². The summed E-state index contributed by atoms with van der Waals surface area (Å²) in [5.41, 5.74) is 2.87. The molecule has 3 aromatic heterocycles. The van der Waals surface area contributed by atoms with Gasteiger partial charge in [-0.1, -0.05) is 30.4 Å². The Kier molecular flexibility index (Phi) is 4.88. The number of nitrogens with zero attached hydrogens (tertiary/aromatic N) is 4. The highest BCUT2D eigenvalue weighted by molar-refractivity contribution is 7.22. The third-order valence-electron chi connectivity index (χ3n) is 4.17. The first-order valence-electron chi connectivity index (χ1n) is 8.49. The van der Waals surface area contributed by atoms with Crippen LogP contribution in [0.15, 0.2) is 29.6 Å². The number of nitrogens with one attached hydrogen (secondary N) is 2. The van der Waals surface area contributed by atoms with Gasteiger partial charge in [-0.05, 0) is 25.5 Å². The molecule has 4 aromatic rings. The van der Waals surface area contributed by atoms with Gasteiger partial charge in [0, 0.05) is 16.5 Å². The molecule has 0 fully saturated rings. The van der Waals surface area contributed by atoms with Crippen molar-refractivity contribution in [3.63, 3.8) is 0 Å². The zero-order valence-corrected chi connectivity index (χ0v) is 16.7. The molecule has 0 unspecified atom stereocenters. The minimum absolute atomic E-state index is 0.00273. The molecular weight excluding hydrogens is 396 g/mol. The number of carboxylic acids is 1. The highest BCUT2D eigenvalue weighted by atomic mass is 32.1. The monoisotopic (exact) mass is 412 g/mol. The first-order chi connectivity index (χ1) is 13.5. The molecule has 0 saturated carbocycles. The molecular formula is C18H16N6O2S2. The van der Waals surface area contributed by atoms with Crippen molar-refractivity contribution >= 4 is 60.8 Å². The maximum atomic E-state index is 11.0. The quantitative estimate of drug-likeness (QED) is 0.421. The van der Waals surface area contributed by atoms with Crippen LogP contribution in [0.5, 0.6) is 0 Å². The van der Waals surface area contributed by atoms with Crippen molar-refractivity contribution < 1.29 is 9.90 Å². The summed E-state index contributed by atoms with van der Waals surface area (Å²) < 4.78 is 1.10. The maximum absolute atomic E-state index is 11.0. The molecule has 28 heavy (non-hydrogen) atoms. The molecule has 0 amide bonds. The van der Waals surface area contributed by atoms with Gasteiger partial charge in [-0.15, -0.1) is 21.5 Å². The maximum Gasteiger partial charge on any atom is 0.355 e. The lowest BCUT2D eigenvalue weighted by molar-refractivity contribution is 0.0691. The number of carbonyl (C=O) groups is 1. The van der Waals surface area contributed by atoms with E-state index in [9.17, 15) is 4.79 Å². The Labute approximate surface area is 168 Å². The van der Waals surface area contributed by atoms with Crippen molar-refractivity contribution in [1.29, 1.82) is 0 Å². The van der Waals surface area contributed by atoms with E-state index in [2.05, 4.69) is 30.8 Å². The van der Waals surface area contributed by atoms with E-state index in [4.69, 9.17) is 5.11 Å². The molecule has 0 aliphatic carbocycles. The van der Waals surface area contributed by atoms with Crippen LogP contribution in [0.25, 0.3) is 10.2 Å². The SMILES string of the molecule is CCc1c(Nc2nc3ccccc3s2)nnc(Nc2nc(C(=O)O)cs2)c1C. The van der Waals surface area contributed by atoms with E-state index in [0.717, 1.165) is 32.9 Å². The number of hydrogen-bond donors (Lipinski definition) is 3. The molecule has 0 atom stereocenters. The van der Waals surface area contributed by atoms with Gasteiger partial charge in [0.2, 0.25) is 0 Å². The zero-order valence-electron chi connectivity index (χ0n) is 15.1. The topological polar surface area (TPSA) is 113 Å². The van der Waals surface area contributed by atoms with Crippen LogP contribution >= 0.6 is 22.7 Å². The van der Waals surface area contributed by atoms with Crippen molar-refractivity contribution in [3.8, 4) is 0 Å². The molecule has 0 spiro atoms. The fourth-order valence-electron chi connectivity index (χ4n) is 2.77. The summed E-state index contributed by atoms with van der Waals surface area (Å²) in [7, 11) is 0. The van der Waals surface area contributed by atoms with Crippen LogP contribution in [-0.2, 0) is 6.42 Å². The van der Waals surface area contributed by atoms with Crippen LogP contribution in [0, 0.1) is 6.92 Å². The van der Waals surface area contributed by atoms with Gasteiger partial charge in [-0.2, -0.15) is 0 Å². The number of thiazole rings is 2. The van der Waals surface area contributed by atoms with Crippen molar-refractivity contribution in [3.05, 3.63) is 46.5 Å². The van der Waals surface area contributed by atoms with Gasteiger partial charge in [0.1, 0.15) is 0 Å². The first-order valence-corrected chi connectivity index (χ1v) is 10.2. The van der Waals surface area contributed by atoms with Crippen LogP contribution < -0.4 is 10.6 Å². The number of carboxylic acid groups (broad SMARTS) is 1. The molecule has 3 N–H and O–H groups in total. The molecule has 0 bridgehead atoms. The minimum atomic E-state index is -1.06. The predicted molar refractivity (Wildman–Crippen MR) is 111 cm³/mol. The third-order valence-corrected chi connectivity index (χ3v) is 5.87.